The molecule has 0 amide bonds. The molecule has 2 nitrogen and oxygen atoms in total. The maximum absolute atomic E-state index is 6.34. The van der Waals surface area contributed by atoms with Gasteiger partial charge in [-0.2, -0.15) is 0 Å². The van der Waals surface area contributed by atoms with Crippen molar-refractivity contribution in [1.82, 2.24) is 0 Å². The lowest BCUT2D eigenvalue weighted by Gasteiger charge is -2.30. The van der Waals surface area contributed by atoms with Crippen molar-refractivity contribution in [2.24, 2.45) is 11.5 Å². The van der Waals surface area contributed by atoms with E-state index in [-0.39, 0.29) is 0 Å². The van der Waals surface area contributed by atoms with Gasteiger partial charge >= 0.3 is 0 Å². The summed E-state index contributed by atoms with van der Waals surface area (Å²) in [7, 11) is 0. The third-order valence-corrected chi connectivity index (χ3v) is 6.72. The minimum absolute atomic E-state index is 0.373. The Bertz CT molecular complexity index is 767. The molecule has 27 heavy (non-hydrogen) atoms. The first-order chi connectivity index (χ1) is 13.3. The fourth-order valence-corrected chi connectivity index (χ4v) is 5.42. The van der Waals surface area contributed by atoms with Gasteiger partial charge in [0.15, 0.2) is 0 Å². The summed E-state index contributed by atoms with van der Waals surface area (Å²) in [4.78, 5) is 0. The third kappa shape index (κ3) is 3.83. The van der Waals surface area contributed by atoms with Crippen LogP contribution in [0, 0.1) is 0 Å². The van der Waals surface area contributed by atoms with Gasteiger partial charge in [-0.3, -0.25) is 0 Å². The van der Waals surface area contributed by atoms with Crippen LogP contribution in [-0.2, 0) is 0 Å². The Morgan fingerprint density at radius 1 is 0.815 bits per heavy atom. The SMILES string of the molecule is NCCCCCCC1c2ccccc2-c2cccc(C3CCCC(N)C3)c21. The molecule has 4 N–H and O–H groups in total. The van der Waals surface area contributed by atoms with Gasteiger partial charge in [0.25, 0.3) is 0 Å². The molecule has 3 atom stereocenters. The largest absolute Gasteiger partial charge is 0.330 e. The van der Waals surface area contributed by atoms with Crippen molar-refractivity contribution in [2.75, 3.05) is 6.54 Å². The van der Waals surface area contributed by atoms with Crippen molar-refractivity contribution in [3.8, 4) is 11.1 Å². The molecule has 0 aromatic heterocycles. The monoisotopic (exact) mass is 362 g/mol. The van der Waals surface area contributed by atoms with Crippen LogP contribution in [0.25, 0.3) is 11.1 Å². The first-order valence-electron chi connectivity index (χ1n) is 11.0. The van der Waals surface area contributed by atoms with Gasteiger partial charge in [0, 0.05) is 12.0 Å². The number of hydrogen-bond donors (Lipinski definition) is 2. The molecule has 1 saturated carbocycles. The maximum atomic E-state index is 6.34. The summed E-state index contributed by atoms with van der Waals surface area (Å²) in [6.45, 7) is 0.821. The van der Waals surface area contributed by atoms with Crippen molar-refractivity contribution < 1.29 is 0 Å². The van der Waals surface area contributed by atoms with E-state index in [0.717, 1.165) is 19.4 Å². The first kappa shape index (κ1) is 18.7. The molecule has 4 rings (SSSR count). The topological polar surface area (TPSA) is 52.0 Å². The Balaban J connectivity index is 1.64. The predicted molar refractivity (Wildman–Crippen MR) is 115 cm³/mol. The fourth-order valence-electron chi connectivity index (χ4n) is 5.42. The number of nitrogens with two attached hydrogens (primary N) is 2. The normalized spacial score (nSPS) is 23.9. The molecule has 0 bridgehead atoms. The lowest BCUT2D eigenvalue weighted by Crippen LogP contribution is -2.27. The van der Waals surface area contributed by atoms with Crippen molar-refractivity contribution in [3.05, 3.63) is 59.2 Å². The van der Waals surface area contributed by atoms with E-state index in [0.29, 0.717) is 17.9 Å². The summed E-state index contributed by atoms with van der Waals surface area (Å²) >= 11 is 0. The molecular formula is C25H34N2. The standard InChI is InChI=1S/C25H34N2/c26-16-6-2-1-3-13-23-21-11-4-5-12-22(21)24-15-8-14-20(25(23)24)18-9-7-10-19(27)17-18/h4-5,8,11-12,14-15,18-19,23H,1-3,6-7,9-10,13,16-17,26-27H2. The van der Waals surface area contributed by atoms with Crippen LogP contribution in [-0.4, -0.2) is 12.6 Å². The van der Waals surface area contributed by atoms with Crippen LogP contribution in [0.3, 0.4) is 0 Å². The fraction of sp³-hybridized carbons (Fsp3) is 0.520. The average molecular weight is 363 g/mol. The summed E-state index contributed by atoms with van der Waals surface area (Å²) < 4.78 is 0. The third-order valence-electron chi connectivity index (χ3n) is 6.72. The number of benzene rings is 2. The highest BCUT2D eigenvalue weighted by molar-refractivity contribution is 5.80. The zero-order chi connectivity index (χ0) is 18.6. The maximum Gasteiger partial charge on any atom is 0.0104 e. The Morgan fingerprint density at radius 2 is 1.59 bits per heavy atom. The van der Waals surface area contributed by atoms with Gasteiger partial charge in [0.1, 0.15) is 0 Å². The molecule has 1 fully saturated rings. The van der Waals surface area contributed by atoms with Crippen LogP contribution in [0.1, 0.15) is 86.3 Å². The van der Waals surface area contributed by atoms with E-state index in [1.165, 1.54) is 56.1 Å². The summed E-state index contributed by atoms with van der Waals surface area (Å²) in [6.07, 6.45) is 11.2. The smallest absolute Gasteiger partial charge is 0.0104 e. The molecule has 2 heteroatoms. The molecule has 2 aromatic rings. The second-order valence-corrected chi connectivity index (χ2v) is 8.56. The summed E-state index contributed by atoms with van der Waals surface area (Å²) in [6, 6.07) is 16.5. The van der Waals surface area contributed by atoms with Gasteiger partial charge in [-0.15, -0.1) is 0 Å². The first-order valence-corrected chi connectivity index (χ1v) is 11.0. The minimum atomic E-state index is 0.373. The van der Waals surface area contributed by atoms with Gasteiger partial charge in [-0.05, 0) is 72.4 Å². The molecule has 2 aromatic carbocycles. The molecule has 0 spiro atoms. The zero-order valence-corrected chi connectivity index (χ0v) is 16.5. The van der Waals surface area contributed by atoms with E-state index < -0.39 is 0 Å². The predicted octanol–water partition coefficient (Wildman–Crippen LogP) is 5.69. The Kier molecular flexibility index (Phi) is 5.95. The highest BCUT2D eigenvalue weighted by atomic mass is 14.6. The number of rotatable bonds is 7. The van der Waals surface area contributed by atoms with Crippen molar-refractivity contribution >= 4 is 0 Å². The van der Waals surface area contributed by atoms with Crippen LogP contribution < -0.4 is 11.5 Å². The number of unbranched alkanes of at least 4 members (excludes halogenated alkanes) is 3. The molecule has 0 aliphatic heterocycles. The van der Waals surface area contributed by atoms with Crippen molar-refractivity contribution in [1.29, 1.82) is 0 Å². The number of hydrogen-bond acceptors (Lipinski definition) is 2. The molecule has 3 unspecified atom stereocenters. The van der Waals surface area contributed by atoms with Crippen molar-refractivity contribution in [3.63, 3.8) is 0 Å². The Labute approximate surface area is 164 Å². The summed E-state index contributed by atoms with van der Waals surface area (Å²) in [5.41, 5.74) is 19.7. The molecular weight excluding hydrogens is 328 g/mol. The van der Waals surface area contributed by atoms with Gasteiger partial charge < -0.3 is 11.5 Å². The molecule has 144 valence electrons. The molecule has 0 saturated heterocycles. The Hall–Kier alpha value is -1.64. The molecule has 0 radical (unpaired) electrons. The van der Waals surface area contributed by atoms with Crippen LogP contribution in [0.4, 0.5) is 0 Å². The van der Waals surface area contributed by atoms with E-state index in [2.05, 4.69) is 42.5 Å². The van der Waals surface area contributed by atoms with Crippen LogP contribution in [0.5, 0.6) is 0 Å². The van der Waals surface area contributed by atoms with Crippen LogP contribution >= 0.6 is 0 Å². The van der Waals surface area contributed by atoms with Gasteiger partial charge in [-0.25, -0.2) is 0 Å². The second kappa shape index (κ2) is 8.58. The highest BCUT2D eigenvalue weighted by Gasteiger charge is 2.33. The molecule has 0 heterocycles. The highest BCUT2D eigenvalue weighted by Crippen LogP contribution is 2.51. The van der Waals surface area contributed by atoms with E-state index in [1.807, 2.05) is 0 Å². The molecule has 2 aliphatic carbocycles. The summed E-state index contributed by atoms with van der Waals surface area (Å²) in [5, 5.41) is 0. The van der Waals surface area contributed by atoms with Crippen molar-refractivity contribution in [2.45, 2.75) is 75.7 Å². The summed E-state index contributed by atoms with van der Waals surface area (Å²) in [5.74, 6) is 1.20. The second-order valence-electron chi connectivity index (χ2n) is 8.56. The van der Waals surface area contributed by atoms with E-state index >= 15 is 0 Å². The van der Waals surface area contributed by atoms with E-state index in [9.17, 15) is 0 Å². The average Bonchev–Trinajstić information content (AvgIpc) is 3.02. The van der Waals surface area contributed by atoms with E-state index in [4.69, 9.17) is 11.5 Å². The minimum Gasteiger partial charge on any atom is -0.330 e. The quantitative estimate of drug-likeness (QED) is 0.621. The molecule has 2 aliphatic rings. The zero-order valence-electron chi connectivity index (χ0n) is 16.5. The lowest BCUT2D eigenvalue weighted by atomic mass is 9.77. The van der Waals surface area contributed by atoms with Gasteiger partial charge in [0.05, 0.1) is 0 Å². The van der Waals surface area contributed by atoms with Crippen LogP contribution in [0.15, 0.2) is 42.5 Å². The van der Waals surface area contributed by atoms with Gasteiger partial charge in [-0.1, -0.05) is 68.1 Å². The van der Waals surface area contributed by atoms with Gasteiger partial charge in [0.2, 0.25) is 0 Å². The Morgan fingerprint density at radius 3 is 2.44 bits per heavy atom. The van der Waals surface area contributed by atoms with E-state index in [1.54, 1.807) is 16.7 Å². The lowest BCUT2D eigenvalue weighted by molar-refractivity contribution is 0.391. The number of fused-ring (bicyclic) bond motifs is 3. The van der Waals surface area contributed by atoms with Crippen LogP contribution in [0.2, 0.25) is 0 Å².